The first kappa shape index (κ1) is 13.1. The Morgan fingerprint density at radius 3 is 2.48 bits per heavy atom. The summed E-state index contributed by atoms with van der Waals surface area (Å²) in [5.41, 5.74) is 1.69. The molecule has 3 rings (SSSR count). The highest BCUT2D eigenvalue weighted by Crippen LogP contribution is 2.16. The van der Waals surface area contributed by atoms with Gasteiger partial charge >= 0.3 is 6.03 Å². The van der Waals surface area contributed by atoms with Gasteiger partial charge < -0.3 is 0 Å². The number of carbonyl (C=O) groups is 1. The molecule has 0 unspecified atom stereocenters. The number of amides is 2. The average molecular weight is 277 g/mol. The van der Waals surface area contributed by atoms with Gasteiger partial charge in [0.2, 0.25) is 0 Å². The number of nitrogens with zero attached hydrogens (tertiary/aromatic N) is 2. The van der Waals surface area contributed by atoms with Gasteiger partial charge in [0.25, 0.3) is 0 Å². The maximum atomic E-state index is 12.2. The number of fused-ring (bicyclic) bond motifs is 1. The molecule has 0 saturated heterocycles. The second-order valence-electron chi connectivity index (χ2n) is 4.71. The predicted octanol–water partition coefficient (Wildman–Crippen LogP) is 3.90. The summed E-state index contributed by atoms with van der Waals surface area (Å²) < 4.78 is 0. The SMILES string of the molecule is CN(C(=O)Nc1ccc2ccccc2n1)c1ccccc1. The maximum absolute atomic E-state index is 12.2. The molecule has 2 amide bonds. The number of nitrogens with one attached hydrogen (secondary N) is 1. The molecule has 4 heteroatoms. The Balaban J connectivity index is 1.80. The van der Waals surface area contributed by atoms with E-state index in [2.05, 4.69) is 10.3 Å². The Hall–Kier alpha value is -2.88. The average Bonchev–Trinajstić information content (AvgIpc) is 2.55. The van der Waals surface area contributed by atoms with Gasteiger partial charge in [-0.25, -0.2) is 9.78 Å². The lowest BCUT2D eigenvalue weighted by molar-refractivity contribution is 0.258. The number of benzene rings is 2. The third-order valence-corrected chi connectivity index (χ3v) is 3.28. The van der Waals surface area contributed by atoms with E-state index in [1.807, 2.05) is 60.7 Å². The zero-order chi connectivity index (χ0) is 14.7. The molecule has 4 nitrogen and oxygen atoms in total. The van der Waals surface area contributed by atoms with Gasteiger partial charge in [0.1, 0.15) is 5.82 Å². The summed E-state index contributed by atoms with van der Waals surface area (Å²) in [4.78, 5) is 18.2. The predicted molar refractivity (Wildman–Crippen MR) is 85.6 cm³/mol. The van der Waals surface area contributed by atoms with E-state index in [-0.39, 0.29) is 6.03 Å². The van der Waals surface area contributed by atoms with Gasteiger partial charge in [-0.15, -0.1) is 0 Å². The molecule has 0 radical (unpaired) electrons. The van der Waals surface area contributed by atoms with Crippen molar-refractivity contribution in [3.05, 3.63) is 66.7 Å². The topological polar surface area (TPSA) is 45.2 Å². The number of carbonyl (C=O) groups excluding carboxylic acids is 1. The standard InChI is InChI=1S/C17H15N3O/c1-20(14-8-3-2-4-9-14)17(21)19-16-12-11-13-7-5-6-10-15(13)18-16/h2-12H,1H3,(H,18,19,21). The highest BCUT2D eigenvalue weighted by atomic mass is 16.2. The van der Waals surface area contributed by atoms with Crippen LogP contribution in [0.3, 0.4) is 0 Å². The van der Waals surface area contributed by atoms with Crippen LogP contribution in [0.1, 0.15) is 0 Å². The van der Waals surface area contributed by atoms with E-state index in [9.17, 15) is 4.79 Å². The number of para-hydroxylation sites is 2. The van der Waals surface area contributed by atoms with E-state index < -0.39 is 0 Å². The minimum Gasteiger partial charge on any atom is -0.297 e. The number of anilines is 2. The number of urea groups is 1. The maximum Gasteiger partial charge on any atom is 0.327 e. The number of rotatable bonds is 2. The van der Waals surface area contributed by atoms with Crippen LogP contribution < -0.4 is 10.2 Å². The van der Waals surface area contributed by atoms with Crippen molar-refractivity contribution in [1.29, 1.82) is 0 Å². The molecular weight excluding hydrogens is 262 g/mol. The summed E-state index contributed by atoms with van der Waals surface area (Å²) in [7, 11) is 1.73. The monoisotopic (exact) mass is 277 g/mol. The molecule has 0 aliphatic rings. The molecule has 1 N–H and O–H groups in total. The number of pyridine rings is 1. The summed E-state index contributed by atoms with van der Waals surface area (Å²) in [5, 5.41) is 3.86. The van der Waals surface area contributed by atoms with Crippen molar-refractivity contribution in [1.82, 2.24) is 4.98 Å². The normalized spacial score (nSPS) is 10.3. The lowest BCUT2D eigenvalue weighted by Gasteiger charge is -2.17. The first-order valence-electron chi connectivity index (χ1n) is 6.69. The van der Waals surface area contributed by atoms with Crippen molar-refractivity contribution in [2.45, 2.75) is 0 Å². The van der Waals surface area contributed by atoms with Gasteiger partial charge in [-0.05, 0) is 30.3 Å². The second kappa shape index (κ2) is 5.63. The summed E-state index contributed by atoms with van der Waals surface area (Å²) in [5.74, 6) is 0.543. The van der Waals surface area contributed by atoms with Crippen molar-refractivity contribution in [2.24, 2.45) is 0 Å². The van der Waals surface area contributed by atoms with Gasteiger partial charge in [0, 0.05) is 18.1 Å². The molecule has 0 atom stereocenters. The lowest BCUT2D eigenvalue weighted by Crippen LogP contribution is -2.31. The second-order valence-corrected chi connectivity index (χ2v) is 4.71. The van der Waals surface area contributed by atoms with Crippen molar-refractivity contribution < 1.29 is 4.79 Å². The summed E-state index contributed by atoms with van der Waals surface area (Å²) in [6.07, 6.45) is 0. The van der Waals surface area contributed by atoms with Gasteiger partial charge in [-0.2, -0.15) is 0 Å². The van der Waals surface area contributed by atoms with Crippen LogP contribution in [-0.4, -0.2) is 18.1 Å². The van der Waals surface area contributed by atoms with Crippen molar-refractivity contribution in [3.8, 4) is 0 Å². The van der Waals surface area contributed by atoms with Crippen LogP contribution in [0, 0.1) is 0 Å². The molecule has 0 fully saturated rings. The van der Waals surface area contributed by atoms with Crippen molar-refractivity contribution in [3.63, 3.8) is 0 Å². The summed E-state index contributed by atoms with van der Waals surface area (Å²) in [6, 6.07) is 20.8. The Morgan fingerprint density at radius 2 is 1.67 bits per heavy atom. The van der Waals surface area contributed by atoms with E-state index in [1.165, 1.54) is 0 Å². The van der Waals surface area contributed by atoms with E-state index in [0.29, 0.717) is 5.82 Å². The zero-order valence-electron chi connectivity index (χ0n) is 11.7. The van der Waals surface area contributed by atoms with E-state index in [4.69, 9.17) is 0 Å². The highest BCUT2D eigenvalue weighted by Gasteiger charge is 2.11. The molecule has 1 aromatic heterocycles. The highest BCUT2D eigenvalue weighted by molar-refractivity contribution is 6.01. The van der Waals surface area contributed by atoms with Crippen LogP contribution in [0.2, 0.25) is 0 Å². The molecule has 3 aromatic rings. The van der Waals surface area contributed by atoms with Crippen LogP contribution in [0.4, 0.5) is 16.3 Å². The first-order valence-corrected chi connectivity index (χ1v) is 6.69. The quantitative estimate of drug-likeness (QED) is 0.772. The molecule has 0 bridgehead atoms. The summed E-state index contributed by atoms with van der Waals surface area (Å²) in [6.45, 7) is 0. The third kappa shape index (κ3) is 2.84. The number of hydrogen-bond acceptors (Lipinski definition) is 2. The molecular formula is C17H15N3O. The molecule has 0 aliphatic carbocycles. The molecule has 1 heterocycles. The fraction of sp³-hybridized carbons (Fsp3) is 0.0588. The van der Waals surface area contributed by atoms with Crippen LogP contribution in [-0.2, 0) is 0 Å². The smallest absolute Gasteiger partial charge is 0.297 e. The van der Waals surface area contributed by atoms with Crippen LogP contribution in [0.25, 0.3) is 10.9 Å². The van der Waals surface area contributed by atoms with E-state index in [1.54, 1.807) is 18.0 Å². The first-order chi connectivity index (χ1) is 10.2. The van der Waals surface area contributed by atoms with E-state index in [0.717, 1.165) is 16.6 Å². The Bertz CT molecular complexity index is 771. The van der Waals surface area contributed by atoms with Gasteiger partial charge in [-0.3, -0.25) is 10.2 Å². The van der Waals surface area contributed by atoms with E-state index >= 15 is 0 Å². The fourth-order valence-corrected chi connectivity index (χ4v) is 2.10. The Morgan fingerprint density at radius 1 is 0.952 bits per heavy atom. The number of aromatic nitrogens is 1. The third-order valence-electron chi connectivity index (χ3n) is 3.28. The molecule has 0 spiro atoms. The largest absolute Gasteiger partial charge is 0.327 e. The van der Waals surface area contributed by atoms with Crippen LogP contribution in [0.15, 0.2) is 66.7 Å². The fourth-order valence-electron chi connectivity index (χ4n) is 2.10. The molecule has 0 aliphatic heterocycles. The van der Waals surface area contributed by atoms with Crippen molar-refractivity contribution in [2.75, 3.05) is 17.3 Å². The zero-order valence-corrected chi connectivity index (χ0v) is 11.7. The van der Waals surface area contributed by atoms with Crippen molar-refractivity contribution >= 4 is 28.4 Å². The molecule has 21 heavy (non-hydrogen) atoms. The number of hydrogen-bond donors (Lipinski definition) is 1. The van der Waals surface area contributed by atoms with Gasteiger partial charge in [-0.1, -0.05) is 36.4 Å². The molecule has 0 saturated carbocycles. The Labute approximate surface area is 123 Å². The molecule has 104 valence electrons. The lowest BCUT2D eigenvalue weighted by atomic mass is 10.2. The van der Waals surface area contributed by atoms with Crippen LogP contribution in [0.5, 0.6) is 0 Å². The minimum absolute atomic E-state index is 0.219. The Kier molecular flexibility index (Phi) is 3.51. The minimum atomic E-state index is -0.219. The van der Waals surface area contributed by atoms with Gasteiger partial charge in [0.15, 0.2) is 0 Å². The molecule has 2 aromatic carbocycles. The van der Waals surface area contributed by atoms with Gasteiger partial charge in [0.05, 0.1) is 5.52 Å². The van der Waals surface area contributed by atoms with Crippen LogP contribution >= 0.6 is 0 Å². The summed E-state index contributed by atoms with van der Waals surface area (Å²) >= 11 is 0.